The van der Waals surface area contributed by atoms with Crippen molar-refractivity contribution < 1.29 is 27.5 Å². The summed E-state index contributed by atoms with van der Waals surface area (Å²) < 4.78 is 42.6. The number of ether oxygens (including phenoxy) is 1. The van der Waals surface area contributed by atoms with E-state index in [9.17, 15) is 22.8 Å². The molecule has 1 heterocycles. The molecule has 2 amide bonds. The first-order chi connectivity index (χ1) is 11.8. The molecule has 2 N–H and O–H groups in total. The van der Waals surface area contributed by atoms with Gasteiger partial charge in [-0.2, -0.15) is 13.2 Å². The zero-order valence-electron chi connectivity index (χ0n) is 13.3. The number of anilines is 1. The van der Waals surface area contributed by atoms with Crippen molar-refractivity contribution in [2.75, 3.05) is 19.5 Å². The van der Waals surface area contributed by atoms with Gasteiger partial charge in [-0.25, -0.2) is 0 Å². The molecule has 2 rings (SSSR count). The highest BCUT2D eigenvalue weighted by Gasteiger charge is 2.32. The lowest BCUT2D eigenvalue weighted by Gasteiger charge is -2.12. The minimum Gasteiger partial charge on any atom is -0.495 e. The van der Waals surface area contributed by atoms with E-state index in [-0.39, 0.29) is 22.7 Å². The fourth-order valence-electron chi connectivity index (χ4n) is 1.98. The predicted molar refractivity (Wildman–Crippen MR) is 83.6 cm³/mol. The molecule has 0 unspecified atom stereocenters. The van der Waals surface area contributed by atoms with Crippen LogP contribution >= 0.6 is 0 Å². The number of amides is 2. The number of nitrogens with zero attached hydrogens (tertiary/aromatic N) is 1. The summed E-state index contributed by atoms with van der Waals surface area (Å²) in [5.74, 6) is -0.760. The number of carbonyl (C=O) groups is 2. The Balaban J connectivity index is 2.26. The molecule has 0 aliphatic heterocycles. The highest BCUT2D eigenvalue weighted by molar-refractivity contribution is 6.05. The number of benzene rings is 1. The van der Waals surface area contributed by atoms with Crippen molar-refractivity contribution in [3.8, 4) is 5.75 Å². The van der Waals surface area contributed by atoms with E-state index in [1.54, 1.807) is 0 Å². The SMILES string of the molecule is CNC(=O)c1ccc(OC)c(NC(=O)c2ccc(C(F)(F)F)nc2)c1. The van der Waals surface area contributed by atoms with Crippen molar-refractivity contribution in [2.45, 2.75) is 6.18 Å². The molecule has 25 heavy (non-hydrogen) atoms. The van der Waals surface area contributed by atoms with Gasteiger partial charge in [0, 0.05) is 18.8 Å². The molecule has 6 nitrogen and oxygen atoms in total. The number of pyridine rings is 1. The molecule has 0 saturated heterocycles. The molecule has 0 aliphatic rings. The molecule has 0 fully saturated rings. The van der Waals surface area contributed by atoms with Crippen molar-refractivity contribution in [2.24, 2.45) is 0 Å². The second kappa shape index (κ2) is 7.20. The Hall–Kier alpha value is -3.10. The number of nitrogens with one attached hydrogen (secondary N) is 2. The summed E-state index contributed by atoms with van der Waals surface area (Å²) in [6.07, 6.45) is -3.76. The lowest BCUT2D eigenvalue weighted by Crippen LogP contribution is -2.19. The van der Waals surface area contributed by atoms with E-state index in [0.717, 1.165) is 12.3 Å². The fraction of sp³-hybridized carbons (Fsp3) is 0.188. The van der Waals surface area contributed by atoms with E-state index in [4.69, 9.17) is 4.74 Å². The van der Waals surface area contributed by atoms with Gasteiger partial charge in [-0.3, -0.25) is 14.6 Å². The summed E-state index contributed by atoms with van der Waals surface area (Å²) >= 11 is 0. The van der Waals surface area contributed by atoms with Gasteiger partial charge in [-0.1, -0.05) is 0 Å². The first-order valence-corrected chi connectivity index (χ1v) is 7.01. The number of methoxy groups -OCH3 is 1. The largest absolute Gasteiger partial charge is 0.495 e. The van der Waals surface area contributed by atoms with Gasteiger partial charge >= 0.3 is 6.18 Å². The number of carbonyl (C=O) groups excluding carboxylic acids is 2. The summed E-state index contributed by atoms with van der Waals surface area (Å²) in [5.41, 5.74) is -0.679. The lowest BCUT2D eigenvalue weighted by molar-refractivity contribution is -0.141. The van der Waals surface area contributed by atoms with Crippen molar-refractivity contribution in [3.05, 3.63) is 53.3 Å². The Morgan fingerprint density at radius 2 is 1.76 bits per heavy atom. The maximum atomic E-state index is 12.5. The molecule has 0 spiro atoms. The number of alkyl halides is 3. The van der Waals surface area contributed by atoms with Crippen molar-refractivity contribution >= 4 is 17.5 Å². The van der Waals surface area contributed by atoms with Gasteiger partial charge in [0.05, 0.1) is 18.4 Å². The third-order valence-electron chi connectivity index (χ3n) is 3.25. The van der Waals surface area contributed by atoms with Crippen LogP contribution in [0.25, 0.3) is 0 Å². The maximum absolute atomic E-state index is 12.5. The standard InChI is InChI=1S/C16H14F3N3O3/c1-20-14(23)9-3-5-12(25-2)11(7-9)22-15(24)10-4-6-13(21-8-10)16(17,18)19/h3-8H,1-2H3,(H,20,23)(H,22,24). The van der Waals surface area contributed by atoms with Crippen molar-refractivity contribution in [1.82, 2.24) is 10.3 Å². The molecule has 1 aromatic carbocycles. The fourth-order valence-corrected chi connectivity index (χ4v) is 1.98. The highest BCUT2D eigenvalue weighted by Crippen LogP contribution is 2.28. The van der Waals surface area contributed by atoms with Crippen LogP contribution in [0.3, 0.4) is 0 Å². The van der Waals surface area contributed by atoms with Crippen LogP contribution in [0.5, 0.6) is 5.75 Å². The van der Waals surface area contributed by atoms with Gasteiger partial charge in [0.25, 0.3) is 11.8 Å². The Morgan fingerprint density at radius 1 is 1.08 bits per heavy atom. The zero-order valence-corrected chi connectivity index (χ0v) is 13.3. The summed E-state index contributed by atoms with van der Waals surface area (Å²) in [6, 6.07) is 6.12. The van der Waals surface area contributed by atoms with Gasteiger partial charge in [0.15, 0.2) is 0 Å². The van der Waals surface area contributed by atoms with Gasteiger partial charge < -0.3 is 15.4 Å². The Labute approximate surface area is 141 Å². The van der Waals surface area contributed by atoms with Crippen LogP contribution in [0, 0.1) is 0 Å². The Kier molecular flexibility index (Phi) is 5.26. The summed E-state index contributed by atoms with van der Waals surface area (Å²) in [6.45, 7) is 0. The molecule has 0 bridgehead atoms. The monoisotopic (exact) mass is 353 g/mol. The number of hydrogen-bond donors (Lipinski definition) is 2. The van der Waals surface area contributed by atoms with Gasteiger partial charge in [-0.15, -0.1) is 0 Å². The molecule has 2 aromatic rings. The molecule has 1 aromatic heterocycles. The first kappa shape index (κ1) is 18.2. The van der Waals surface area contributed by atoms with Crippen molar-refractivity contribution in [3.63, 3.8) is 0 Å². The molecule has 0 atom stereocenters. The van der Waals surface area contributed by atoms with Gasteiger partial charge in [0.1, 0.15) is 11.4 Å². The molecular formula is C16H14F3N3O3. The van der Waals surface area contributed by atoms with Crippen LogP contribution in [-0.4, -0.2) is 31.0 Å². The van der Waals surface area contributed by atoms with Crippen LogP contribution in [0.2, 0.25) is 0 Å². The Bertz CT molecular complexity index is 789. The van der Waals surface area contributed by atoms with Gasteiger partial charge in [-0.05, 0) is 30.3 Å². The quantitative estimate of drug-likeness (QED) is 0.886. The molecule has 0 radical (unpaired) electrons. The van der Waals surface area contributed by atoms with E-state index in [1.165, 1.54) is 32.4 Å². The maximum Gasteiger partial charge on any atom is 0.433 e. The Morgan fingerprint density at radius 3 is 2.28 bits per heavy atom. The third kappa shape index (κ3) is 4.25. The van der Waals surface area contributed by atoms with Gasteiger partial charge in [0.2, 0.25) is 0 Å². The van der Waals surface area contributed by atoms with E-state index < -0.39 is 17.8 Å². The summed E-state index contributed by atoms with van der Waals surface area (Å²) in [7, 11) is 2.84. The zero-order chi connectivity index (χ0) is 18.6. The summed E-state index contributed by atoms with van der Waals surface area (Å²) in [5, 5.41) is 4.93. The van der Waals surface area contributed by atoms with E-state index in [0.29, 0.717) is 11.8 Å². The molecular weight excluding hydrogens is 339 g/mol. The molecule has 0 saturated carbocycles. The van der Waals surface area contributed by atoms with Crippen LogP contribution in [-0.2, 0) is 6.18 Å². The van der Waals surface area contributed by atoms with Crippen LogP contribution in [0.15, 0.2) is 36.5 Å². The van der Waals surface area contributed by atoms with Crippen LogP contribution < -0.4 is 15.4 Å². The average molecular weight is 353 g/mol. The molecule has 0 aliphatic carbocycles. The highest BCUT2D eigenvalue weighted by atomic mass is 19.4. The topological polar surface area (TPSA) is 80.3 Å². The molecule has 132 valence electrons. The predicted octanol–water partition coefficient (Wildman–Crippen LogP) is 2.72. The van der Waals surface area contributed by atoms with E-state index in [1.807, 2.05) is 0 Å². The van der Waals surface area contributed by atoms with E-state index in [2.05, 4.69) is 15.6 Å². The average Bonchev–Trinajstić information content (AvgIpc) is 2.60. The summed E-state index contributed by atoms with van der Waals surface area (Å²) in [4.78, 5) is 27.1. The number of rotatable bonds is 4. The third-order valence-corrected chi connectivity index (χ3v) is 3.25. The molecule has 9 heteroatoms. The minimum atomic E-state index is -4.58. The van der Waals surface area contributed by atoms with Crippen LogP contribution in [0.4, 0.5) is 18.9 Å². The number of halogens is 3. The van der Waals surface area contributed by atoms with E-state index >= 15 is 0 Å². The second-order valence-electron chi connectivity index (χ2n) is 4.88. The number of hydrogen-bond acceptors (Lipinski definition) is 4. The lowest BCUT2D eigenvalue weighted by atomic mass is 10.1. The normalized spacial score (nSPS) is 10.9. The smallest absolute Gasteiger partial charge is 0.433 e. The minimum absolute atomic E-state index is 0.0691. The number of aromatic nitrogens is 1. The second-order valence-corrected chi connectivity index (χ2v) is 4.88. The first-order valence-electron chi connectivity index (χ1n) is 7.01. The van der Waals surface area contributed by atoms with Crippen molar-refractivity contribution in [1.29, 1.82) is 0 Å². The van der Waals surface area contributed by atoms with Crippen LogP contribution in [0.1, 0.15) is 26.4 Å².